The number of hydrogen-bond donors (Lipinski definition) is 0. The highest BCUT2D eigenvalue weighted by Crippen LogP contribution is 2.06. The molecule has 0 spiro atoms. The van der Waals surface area contributed by atoms with Crippen molar-refractivity contribution in [3.05, 3.63) is 0 Å². The Hall–Kier alpha value is -1.18. The predicted octanol–water partition coefficient (Wildman–Crippen LogP) is 0.551. The van der Waals surface area contributed by atoms with Crippen molar-refractivity contribution in [3.8, 4) is 0 Å². The highest BCUT2D eigenvalue weighted by molar-refractivity contribution is 5.71. The van der Waals surface area contributed by atoms with E-state index in [0.717, 1.165) is 0 Å². The van der Waals surface area contributed by atoms with Gasteiger partial charge in [-0.25, -0.2) is 4.79 Å². The van der Waals surface area contributed by atoms with E-state index in [2.05, 4.69) is 4.74 Å². The second-order valence-electron chi connectivity index (χ2n) is 4.83. The number of rotatable bonds is 12. The molecule has 7 heteroatoms. The molecule has 0 saturated carbocycles. The zero-order chi connectivity index (χ0) is 15.3. The van der Waals surface area contributed by atoms with Crippen LogP contribution >= 0.6 is 0 Å². The molecule has 7 nitrogen and oxygen atoms in total. The zero-order valence-corrected chi connectivity index (χ0v) is 12.4. The van der Waals surface area contributed by atoms with E-state index in [1.807, 2.05) is 0 Å². The minimum Gasteiger partial charge on any atom is -0.465 e. The van der Waals surface area contributed by atoms with E-state index in [0.29, 0.717) is 39.5 Å². The van der Waals surface area contributed by atoms with E-state index >= 15 is 0 Å². The lowest BCUT2D eigenvalue weighted by Crippen LogP contribution is -2.27. The number of esters is 1. The summed E-state index contributed by atoms with van der Waals surface area (Å²) in [5.41, 5.74) is -0.498. The normalized spacial score (nSPS) is 11.2. The third-order valence-electron chi connectivity index (χ3n) is 1.80. The van der Waals surface area contributed by atoms with E-state index in [1.54, 1.807) is 20.8 Å². The van der Waals surface area contributed by atoms with Gasteiger partial charge in [0.15, 0.2) is 0 Å². The van der Waals surface area contributed by atoms with Crippen molar-refractivity contribution in [2.45, 2.75) is 26.4 Å². The summed E-state index contributed by atoms with van der Waals surface area (Å²) in [4.78, 5) is 21.1. The van der Waals surface area contributed by atoms with Crippen LogP contribution in [0.5, 0.6) is 0 Å². The smallest absolute Gasteiger partial charge is 0.332 e. The average molecular weight is 292 g/mol. The van der Waals surface area contributed by atoms with Crippen molar-refractivity contribution >= 4 is 12.4 Å². The Bertz CT molecular complexity index is 260. The van der Waals surface area contributed by atoms with Gasteiger partial charge in [0.2, 0.25) is 0 Å². The fourth-order valence-electron chi connectivity index (χ4n) is 1.12. The third kappa shape index (κ3) is 14.9. The van der Waals surface area contributed by atoms with Crippen molar-refractivity contribution in [1.29, 1.82) is 0 Å². The zero-order valence-electron chi connectivity index (χ0n) is 12.4. The molecule has 0 saturated heterocycles. The first-order valence-electron chi connectivity index (χ1n) is 6.46. The monoisotopic (exact) mass is 292 g/mol. The molecule has 0 radical (unpaired) electrons. The Morgan fingerprint density at radius 3 is 1.90 bits per heavy atom. The van der Waals surface area contributed by atoms with E-state index in [4.69, 9.17) is 18.9 Å². The van der Waals surface area contributed by atoms with E-state index in [-0.39, 0.29) is 13.2 Å². The number of hydrogen-bond acceptors (Lipinski definition) is 7. The predicted molar refractivity (Wildman–Crippen MR) is 70.3 cm³/mol. The summed E-state index contributed by atoms with van der Waals surface area (Å²) in [6.45, 7) is 7.79. The number of ether oxygens (including phenoxy) is 5. The fraction of sp³-hybridized carbons (Fsp3) is 0.846. The van der Waals surface area contributed by atoms with Crippen LogP contribution < -0.4 is 0 Å². The van der Waals surface area contributed by atoms with Gasteiger partial charge in [-0.1, -0.05) is 0 Å². The van der Waals surface area contributed by atoms with Crippen LogP contribution in [0.25, 0.3) is 0 Å². The molecule has 0 fully saturated rings. The highest BCUT2D eigenvalue weighted by Gasteiger charge is 2.15. The lowest BCUT2D eigenvalue weighted by molar-refractivity contribution is -0.160. The fourth-order valence-corrected chi connectivity index (χ4v) is 1.12. The molecule has 0 atom stereocenters. The van der Waals surface area contributed by atoms with Gasteiger partial charge >= 0.3 is 5.97 Å². The van der Waals surface area contributed by atoms with Crippen LogP contribution in [-0.2, 0) is 33.3 Å². The molecule has 0 amide bonds. The van der Waals surface area contributed by atoms with E-state index < -0.39 is 11.6 Å². The molecule has 0 aliphatic heterocycles. The SMILES string of the molecule is CC(C)(C)OC(=O)COCCOCCOCCOC=O. The minimum absolute atomic E-state index is 0.0832. The molecule has 0 aromatic rings. The maximum absolute atomic E-state index is 11.3. The molecule has 20 heavy (non-hydrogen) atoms. The third-order valence-corrected chi connectivity index (χ3v) is 1.80. The number of carbonyl (C=O) groups is 2. The van der Waals surface area contributed by atoms with Crippen molar-refractivity contribution in [3.63, 3.8) is 0 Å². The van der Waals surface area contributed by atoms with Crippen molar-refractivity contribution < 1.29 is 33.3 Å². The van der Waals surface area contributed by atoms with Gasteiger partial charge in [0.05, 0.1) is 33.0 Å². The summed E-state index contributed by atoms with van der Waals surface area (Å²) in [5.74, 6) is -0.393. The standard InChI is InChI=1S/C13H24O7/c1-13(2,3)20-12(15)10-18-8-6-16-4-5-17-7-9-19-11-14/h11H,4-10H2,1-3H3. The molecule has 0 aromatic heterocycles. The lowest BCUT2D eigenvalue weighted by Gasteiger charge is -2.19. The summed E-state index contributed by atoms with van der Waals surface area (Å²) in [5, 5.41) is 0. The molecule has 0 N–H and O–H groups in total. The molecular weight excluding hydrogens is 268 g/mol. The summed E-state index contributed by atoms with van der Waals surface area (Å²) in [6, 6.07) is 0. The highest BCUT2D eigenvalue weighted by atomic mass is 16.6. The quantitative estimate of drug-likeness (QED) is 0.295. The molecule has 118 valence electrons. The largest absolute Gasteiger partial charge is 0.465 e. The van der Waals surface area contributed by atoms with Crippen LogP contribution in [-0.4, -0.2) is 64.3 Å². The Kier molecular flexibility index (Phi) is 10.9. The van der Waals surface area contributed by atoms with Crippen LogP contribution in [0.1, 0.15) is 20.8 Å². The average Bonchev–Trinajstić information content (AvgIpc) is 2.34. The van der Waals surface area contributed by atoms with E-state index in [1.165, 1.54) is 0 Å². The van der Waals surface area contributed by atoms with Crippen molar-refractivity contribution in [2.24, 2.45) is 0 Å². The molecule has 0 aliphatic rings. The first-order chi connectivity index (χ1) is 9.45. The maximum atomic E-state index is 11.3. The first kappa shape index (κ1) is 18.8. The Labute approximate surface area is 119 Å². The summed E-state index contributed by atoms with van der Waals surface area (Å²) >= 11 is 0. The van der Waals surface area contributed by atoms with Gasteiger partial charge in [-0.15, -0.1) is 0 Å². The molecular formula is C13H24O7. The summed E-state index contributed by atoms with van der Waals surface area (Å²) in [6.07, 6.45) is 0. The molecule has 0 heterocycles. The van der Waals surface area contributed by atoms with Crippen molar-refractivity contribution in [2.75, 3.05) is 46.2 Å². The summed E-state index contributed by atoms with van der Waals surface area (Å²) < 4.78 is 24.9. The van der Waals surface area contributed by atoms with Crippen LogP contribution in [0.3, 0.4) is 0 Å². The van der Waals surface area contributed by atoms with Gasteiger partial charge in [0.25, 0.3) is 6.47 Å². The number of carbonyl (C=O) groups excluding carboxylic acids is 2. The Balaban J connectivity index is 3.20. The first-order valence-corrected chi connectivity index (χ1v) is 6.46. The van der Waals surface area contributed by atoms with Gasteiger partial charge in [0, 0.05) is 0 Å². The van der Waals surface area contributed by atoms with Crippen molar-refractivity contribution in [1.82, 2.24) is 0 Å². The van der Waals surface area contributed by atoms with Crippen LogP contribution in [0.2, 0.25) is 0 Å². The van der Waals surface area contributed by atoms with Gasteiger partial charge in [0.1, 0.15) is 18.8 Å². The molecule has 0 aromatic carbocycles. The topological polar surface area (TPSA) is 80.3 Å². The Morgan fingerprint density at radius 1 is 0.900 bits per heavy atom. The Morgan fingerprint density at radius 2 is 1.40 bits per heavy atom. The second-order valence-corrected chi connectivity index (χ2v) is 4.83. The van der Waals surface area contributed by atoms with Gasteiger partial charge in [-0.3, -0.25) is 4.79 Å². The van der Waals surface area contributed by atoms with Crippen LogP contribution in [0.15, 0.2) is 0 Å². The maximum Gasteiger partial charge on any atom is 0.332 e. The van der Waals surface area contributed by atoms with Crippen LogP contribution in [0.4, 0.5) is 0 Å². The van der Waals surface area contributed by atoms with Gasteiger partial charge in [-0.2, -0.15) is 0 Å². The van der Waals surface area contributed by atoms with Gasteiger partial charge in [-0.05, 0) is 20.8 Å². The van der Waals surface area contributed by atoms with E-state index in [9.17, 15) is 9.59 Å². The second kappa shape index (κ2) is 11.6. The molecule has 0 aliphatic carbocycles. The van der Waals surface area contributed by atoms with Gasteiger partial charge < -0.3 is 23.7 Å². The summed E-state index contributed by atoms with van der Waals surface area (Å²) in [7, 11) is 0. The minimum atomic E-state index is -0.498. The molecule has 0 unspecified atom stereocenters. The molecule has 0 bridgehead atoms. The van der Waals surface area contributed by atoms with Crippen LogP contribution in [0, 0.1) is 0 Å². The lowest BCUT2D eigenvalue weighted by atomic mass is 10.2. The molecule has 0 rings (SSSR count).